The third-order valence-electron chi connectivity index (χ3n) is 3.28. The molecule has 0 aromatic heterocycles. The molecule has 0 saturated heterocycles. The van der Waals surface area contributed by atoms with E-state index in [9.17, 15) is 5.11 Å². The molecule has 0 aliphatic rings. The Morgan fingerprint density at radius 2 is 2.00 bits per heavy atom. The molecule has 0 radical (unpaired) electrons. The number of quaternary nitrogens is 1. The Bertz CT molecular complexity index is 584. The van der Waals surface area contributed by atoms with Gasteiger partial charge in [0.2, 0.25) is 0 Å². The van der Waals surface area contributed by atoms with Gasteiger partial charge in [-0.25, -0.2) is 0 Å². The van der Waals surface area contributed by atoms with Gasteiger partial charge in [0.05, 0.1) is 4.47 Å². The molecule has 0 aliphatic carbocycles. The SMILES string of the molecule is Cc1cc(Cl)cc(Br)c1OC[C@H](O)C[NH2+]Cc1ccccc1. The van der Waals surface area contributed by atoms with Crippen LogP contribution in [-0.4, -0.2) is 24.4 Å². The molecular weight excluding hydrogens is 366 g/mol. The Labute approximate surface area is 144 Å². The van der Waals surface area contributed by atoms with Gasteiger partial charge in [-0.3, -0.25) is 0 Å². The molecule has 2 rings (SSSR count). The third kappa shape index (κ3) is 5.29. The highest BCUT2D eigenvalue weighted by atomic mass is 79.9. The van der Waals surface area contributed by atoms with Gasteiger partial charge in [0.1, 0.15) is 31.5 Å². The van der Waals surface area contributed by atoms with E-state index >= 15 is 0 Å². The van der Waals surface area contributed by atoms with Crippen molar-refractivity contribution < 1.29 is 15.2 Å². The number of benzene rings is 2. The predicted molar refractivity (Wildman–Crippen MR) is 92.3 cm³/mol. The summed E-state index contributed by atoms with van der Waals surface area (Å²) < 4.78 is 6.52. The highest BCUT2D eigenvalue weighted by Gasteiger charge is 2.11. The van der Waals surface area contributed by atoms with E-state index in [1.165, 1.54) is 5.56 Å². The van der Waals surface area contributed by atoms with Gasteiger partial charge >= 0.3 is 0 Å². The molecule has 0 amide bonds. The van der Waals surface area contributed by atoms with E-state index in [1.807, 2.05) is 31.2 Å². The van der Waals surface area contributed by atoms with Gasteiger partial charge in [-0.05, 0) is 40.5 Å². The first kappa shape index (κ1) is 17.3. The number of aliphatic hydroxyl groups is 1. The molecule has 2 aromatic rings. The monoisotopic (exact) mass is 384 g/mol. The summed E-state index contributed by atoms with van der Waals surface area (Å²) in [5.74, 6) is 0.728. The minimum absolute atomic E-state index is 0.256. The number of ether oxygens (including phenoxy) is 1. The summed E-state index contributed by atoms with van der Waals surface area (Å²) in [6.45, 7) is 3.63. The first-order valence-electron chi connectivity index (χ1n) is 7.18. The lowest BCUT2D eigenvalue weighted by molar-refractivity contribution is -0.676. The smallest absolute Gasteiger partial charge is 0.137 e. The average Bonchev–Trinajstić information content (AvgIpc) is 2.47. The van der Waals surface area contributed by atoms with Crippen molar-refractivity contribution in [1.29, 1.82) is 0 Å². The van der Waals surface area contributed by atoms with Crippen LogP contribution in [0.1, 0.15) is 11.1 Å². The fourth-order valence-corrected chi connectivity index (χ4v) is 3.25. The summed E-state index contributed by atoms with van der Waals surface area (Å²) in [4.78, 5) is 0. The summed E-state index contributed by atoms with van der Waals surface area (Å²) in [5.41, 5.74) is 2.19. The molecule has 3 nitrogen and oxygen atoms in total. The molecule has 0 saturated carbocycles. The van der Waals surface area contributed by atoms with Gasteiger partial charge in [-0.2, -0.15) is 0 Å². The second-order valence-electron chi connectivity index (χ2n) is 5.21. The van der Waals surface area contributed by atoms with Gasteiger partial charge in [0.15, 0.2) is 0 Å². The van der Waals surface area contributed by atoms with Crippen molar-refractivity contribution in [1.82, 2.24) is 0 Å². The van der Waals surface area contributed by atoms with E-state index in [-0.39, 0.29) is 6.61 Å². The lowest BCUT2D eigenvalue weighted by Gasteiger charge is -2.14. The van der Waals surface area contributed by atoms with Crippen molar-refractivity contribution in [3.63, 3.8) is 0 Å². The Hall–Kier alpha value is -1.07. The molecule has 22 heavy (non-hydrogen) atoms. The first-order chi connectivity index (χ1) is 10.6. The molecule has 3 N–H and O–H groups in total. The van der Waals surface area contributed by atoms with Crippen LogP contribution in [0.4, 0.5) is 0 Å². The summed E-state index contributed by atoms with van der Waals surface area (Å²) in [7, 11) is 0. The van der Waals surface area contributed by atoms with Crippen LogP contribution in [-0.2, 0) is 6.54 Å². The molecule has 1 atom stereocenters. The van der Waals surface area contributed by atoms with E-state index in [1.54, 1.807) is 6.07 Å². The number of aryl methyl sites for hydroxylation is 1. The van der Waals surface area contributed by atoms with Crippen LogP contribution in [0.5, 0.6) is 5.75 Å². The van der Waals surface area contributed by atoms with Crippen molar-refractivity contribution in [3.05, 3.63) is 63.1 Å². The maximum atomic E-state index is 10.0. The maximum Gasteiger partial charge on any atom is 0.137 e. The number of nitrogens with two attached hydrogens (primary N) is 1. The number of halogens is 2. The normalized spacial score (nSPS) is 12.2. The molecule has 5 heteroatoms. The molecular formula is C17H20BrClNO2+. The molecule has 2 aromatic carbocycles. The number of hydrogen-bond acceptors (Lipinski definition) is 2. The Morgan fingerprint density at radius 3 is 2.68 bits per heavy atom. The van der Waals surface area contributed by atoms with Crippen LogP contribution in [0.25, 0.3) is 0 Å². The second-order valence-corrected chi connectivity index (χ2v) is 6.50. The first-order valence-corrected chi connectivity index (χ1v) is 8.35. The largest absolute Gasteiger partial charge is 0.489 e. The van der Waals surface area contributed by atoms with E-state index in [4.69, 9.17) is 16.3 Å². The zero-order chi connectivity index (χ0) is 15.9. The van der Waals surface area contributed by atoms with Gasteiger partial charge in [0.25, 0.3) is 0 Å². The van der Waals surface area contributed by atoms with Gasteiger partial charge in [-0.15, -0.1) is 0 Å². The number of aliphatic hydroxyl groups excluding tert-OH is 1. The van der Waals surface area contributed by atoms with Crippen LogP contribution in [0, 0.1) is 6.92 Å². The van der Waals surface area contributed by atoms with Crippen LogP contribution in [0.2, 0.25) is 5.02 Å². The van der Waals surface area contributed by atoms with E-state index in [0.29, 0.717) is 11.6 Å². The topological polar surface area (TPSA) is 46.1 Å². The quantitative estimate of drug-likeness (QED) is 0.770. The summed E-state index contributed by atoms with van der Waals surface area (Å²) in [6.07, 6.45) is -0.523. The lowest BCUT2D eigenvalue weighted by atomic mass is 10.2. The molecule has 118 valence electrons. The Morgan fingerprint density at radius 1 is 1.27 bits per heavy atom. The van der Waals surface area contributed by atoms with Crippen molar-refractivity contribution in [2.75, 3.05) is 13.2 Å². The standard InChI is InChI=1S/C17H19BrClNO2/c1-12-7-14(19)8-16(18)17(12)22-11-15(21)10-20-9-13-5-3-2-4-6-13/h2-8,15,20-21H,9-11H2,1H3/p+1/t15-/m1/s1. The zero-order valence-corrected chi connectivity index (χ0v) is 14.8. The van der Waals surface area contributed by atoms with Crippen molar-refractivity contribution in [3.8, 4) is 5.75 Å². The van der Waals surface area contributed by atoms with E-state index < -0.39 is 6.10 Å². The highest BCUT2D eigenvalue weighted by Crippen LogP contribution is 2.32. The summed E-state index contributed by atoms with van der Waals surface area (Å²) in [6, 6.07) is 13.8. The molecule has 0 heterocycles. The van der Waals surface area contributed by atoms with Crippen molar-refractivity contribution in [2.24, 2.45) is 0 Å². The third-order valence-corrected chi connectivity index (χ3v) is 4.08. The van der Waals surface area contributed by atoms with Gasteiger partial charge in [0, 0.05) is 10.6 Å². The fourth-order valence-electron chi connectivity index (χ4n) is 2.18. The summed E-state index contributed by atoms with van der Waals surface area (Å²) in [5, 5.41) is 12.8. The number of rotatable bonds is 7. The predicted octanol–water partition coefficient (Wildman–Crippen LogP) is 2.91. The molecule has 0 bridgehead atoms. The molecule has 0 unspecified atom stereocenters. The van der Waals surface area contributed by atoms with Crippen molar-refractivity contribution in [2.45, 2.75) is 19.6 Å². The van der Waals surface area contributed by atoms with Gasteiger partial charge < -0.3 is 15.2 Å². The molecule has 0 fully saturated rings. The fraction of sp³-hybridized carbons (Fsp3) is 0.294. The summed E-state index contributed by atoms with van der Waals surface area (Å²) >= 11 is 9.40. The average molecular weight is 386 g/mol. The minimum atomic E-state index is -0.523. The zero-order valence-electron chi connectivity index (χ0n) is 12.4. The maximum absolute atomic E-state index is 10.0. The van der Waals surface area contributed by atoms with Crippen LogP contribution in [0.3, 0.4) is 0 Å². The van der Waals surface area contributed by atoms with E-state index in [2.05, 4.69) is 33.4 Å². The van der Waals surface area contributed by atoms with Crippen LogP contribution >= 0.6 is 27.5 Å². The highest BCUT2D eigenvalue weighted by molar-refractivity contribution is 9.10. The van der Waals surface area contributed by atoms with E-state index in [0.717, 1.165) is 22.3 Å². The molecule has 0 spiro atoms. The van der Waals surface area contributed by atoms with Gasteiger partial charge in [-0.1, -0.05) is 41.9 Å². The Kier molecular flexibility index (Phi) is 6.70. The lowest BCUT2D eigenvalue weighted by Crippen LogP contribution is -2.85. The Balaban J connectivity index is 1.77. The van der Waals surface area contributed by atoms with Crippen LogP contribution < -0.4 is 10.1 Å². The molecule has 0 aliphatic heterocycles. The second kappa shape index (κ2) is 8.53. The number of hydrogen-bond donors (Lipinski definition) is 2. The van der Waals surface area contributed by atoms with Crippen LogP contribution in [0.15, 0.2) is 46.9 Å². The minimum Gasteiger partial charge on any atom is -0.489 e. The van der Waals surface area contributed by atoms with Crippen molar-refractivity contribution >= 4 is 27.5 Å².